The first-order valence-electron chi connectivity index (χ1n) is 7.42. The van der Waals surface area contributed by atoms with Crippen molar-refractivity contribution in [1.29, 1.82) is 0 Å². The van der Waals surface area contributed by atoms with Gasteiger partial charge in [-0.2, -0.15) is 11.8 Å². The fourth-order valence-electron chi connectivity index (χ4n) is 3.87. The molecule has 2 nitrogen and oxygen atoms in total. The van der Waals surface area contributed by atoms with E-state index in [1.807, 2.05) is 11.8 Å². The molecule has 1 N–H and O–H groups in total. The highest BCUT2D eigenvalue weighted by Gasteiger charge is 2.53. The lowest BCUT2D eigenvalue weighted by Gasteiger charge is -2.44. The van der Waals surface area contributed by atoms with Gasteiger partial charge >= 0.3 is 0 Å². The van der Waals surface area contributed by atoms with Gasteiger partial charge in [0.25, 0.3) is 0 Å². The zero-order valence-electron chi connectivity index (χ0n) is 11.7. The zero-order chi connectivity index (χ0) is 12.8. The van der Waals surface area contributed by atoms with Crippen molar-refractivity contribution in [2.45, 2.75) is 57.7 Å². The molecule has 0 bridgehead atoms. The molecule has 3 rings (SSSR count). The highest BCUT2D eigenvalue weighted by atomic mass is 32.2. The van der Waals surface area contributed by atoms with Crippen LogP contribution in [0.5, 0.6) is 0 Å². The van der Waals surface area contributed by atoms with E-state index in [4.69, 9.17) is 4.74 Å². The Labute approximate surface area is 115 Å². The van der Waals surface area contributed by atoms with Crippen molar-refractivity contribution in [3.8, 4) is 0 Å². The molecule has 0 aromatic carbocycles. The van der Waals surface area contributed by atoms with Gasteiger partial charge in [-0.15, -0.1) is 0 Å². The van der Waals surface area contributed by atoms with Crippen molar-refractivity contribution < 1.29 is 9.84 Å². The SMILES string of the molecule is CC1(C)CC1C(O)C1CCOC2(CCSCC2)C1. The van der Waals surface area contributed by atoms with Crippen LogP contribution in [-0.2, 0) is 4.74 Å². The van der Waals surface area contributed by atoms with Crippen LogP contribution < -0.4 is 0 Å². The molecule has 3 aliphatic rings. The number of hydrogen-bond acceptors (Lipinski definition) is 3. The van der Waals surface area contributed by atoms with E-state index in [-0.39, 0.29) is 11.7 Å². The van der Waals surface area contributed by atoms with Gasteiger partial charge in [0.2, 0.25) is 0 Å². The van der Waals surface area contributed by atoms with Gasteiger partial charge in [0, 0.05) is 6.61 Å². The molecule has 1 spiro atoms. The molecule has 3 fully saturated rings. The average molecular weight is 270 g/mol. The average Bonchev–Trinajstić information content (AvgIpc) is 2.98. The third kappa shape index (κ3) is 2.46. The topological polar surface area (TPSA) is 29.5 Å². The maximum atomic E-state index is 10.6. The van der Waals surface area contributed by atoms with Crippen molar-refractivity contribution in [3.63, 3.8) is 0 Å². The molecule has 3 unspecified atom stereocenters. The van der Waals surface area contributed by atoms with Crippen molar-refractivity contribution in [2.75, 3.05) is 18.1 Å². The summed E-state index contributed by atoms with van der Waals surface area (Å²) in [5, 5.41) is 10.6. The van der Waals surface area contributed by atoms with E-state index < -0.39 is 0 Å². The molecule has 3 heteroatoms. The summed E-state index contributed by atoms with van der Waals surface area (Å²) in [6.07, 6.45) is 5.65. The lowest BCUT2D eigenvalue weighted by atomic mass is 9.78. The van der Waals surface area contributed by atoms with E-state index >= 15 is 0 Å². The van der Waals surface area contributed by atoms with Gasteiger partial charge in [0.1, 0.15) is 0 Å². The second kappa shape index (κ2) is 4.68. The molecule has 18 heavy (non-hydrogen) atoms. The summed E-state index contributed by atoms with van der Waals surface area (Å²) in [5.41, 5.74) is 0.501. The maximum Gasteiger partial charge on any atom is 0.0701 e. The molecule has 0 aromatic heterocycles. The molecular formula is C15H26O2S. The number of rotatable bonds is 2. The van der Waals surface area contributed by atoms with Crippen LogP contribution >= 0.6 is 11.8 Å². The van der Waals surface area contributed by atoms with Crippen LogP contribution in [0.4, 0.5) is 0 Å². The van der Waals surface area contributed by atoms with Crippen molar-refractivity contribution >= 4 is 11.8 Å². The lowest BCUT2D eigenvalue weighted by molar-refractivity contribution is -0.124. The molecule has 1 aliphatic carbocycles. The minimum Gasteiger partial charge on any atom is -0.393 e. The predicted octanol–water partition coefficient (Wildman–Crippen LogP) is 3.09. The van der Waals surface area contributed by atoms with Crippen LogP contribution in [0.1, 0.15) is 46.0 Å². The summed E-state index contributed by atoms with van der Waals surface area (Å²) in [5.74, 6) is 3.49. The highest BCUT2D eigenvalue weighted by molar-refractivity contribution is 7.99. The van der Waals surface area contributed by atoms with Crippen molar-refractivity contribution in [3.05, 3.63) is 0 Å². The summed E-state index contributed by atoms with van der Waals surface area (Å²) in [7, 11) is 0. The third-order valence-electron chi connectivity index (χ3n) is 5.42. The molecule has 2 heterocycles. The molecule has 3 atom stereocenters. The number of thioether (sulfide) groups is 1. The molecular weight excluding hydrogens is 244 g/mol. The maximum absolute atomic E-state index is 10.6. The van der Waals surface area contributed by atoms with E-state index in [2.05, 4.69) is 13.8 Å². The van der Waals surface area contributed by atoms with Gasteiger partial charge in [-0.25, -0.2) is 0 Å². The quantitative estimate of drug-likeness (QED) is 0.836. The second-order valence-corrected chi connectivity index (χ2v) is 8.41. The Bertz CT molecular complexity index is 304. The molecule has 0 radical (unpaired) electrons. The smallest absolute Gasteiger partial charge is 0.0701 e. The Morgan fingerprint density at radius 2 is 1.89 bits per heavy atom. The van der Waals surface area contributed by atoms with Gasteiger partial charge in [-0.1, -0.05) is 13.8 Å². The predicted molar refractivity (Wildman–Crippen MR) is 75.9 cm³/mol. The molecule has 104 valence electrons. The summed E-state index contributed by atoms with van der Waals surface area (Å²) < 4.78 is 6.11. The van der Waals surface area contributed by atoms with Gasteiger partial charge in [-0.05, 0) is 60.9 Å². The Balaban J connectivity index is 1.63. The minimum absolute atomic E-state index is 0.0876. The van der Waals surface area contributed by atoms with Crippen LogP contribution in [0.3, 0.4) is 0 Å². The Morgan fingerprint density at radius 3 is 2.50 bits per heavy atom. The van der Waals surface area contributed by atoms with Gasteiger partial charge in [0.05, 0.1) is 11.7 Å². The summed E-state index contributed by atoms with van der Waals surface area (Å²) >= 11 is 2.05. The third-order valence-corrected chi connectivity index (χ3v) is 6.41. The van der Waals surface area contributed by atoms with E-state index in [0.29, 0.717) is 17.3 Å². The monoisotopic (exact) mass is 270 g/mol. The molecule has 2 saturated heterocycles. The Morgan fingerprint density at radius 1 is 1.22 bits per heavy atom. The number of ether oxygens (including phenoxy) is 1. The van der Waals surface area contributed by atoms with Crippen LogP contribution in [0.2, 0.25) is 0 Å². The first-order chi connectivity index (χ1) is 8.53. The normalized spacial score (nSPS) is 39.5. The fourth-order valence-corrected chi connectivity index (χ4v) is 5.11. The van der Waals surface area contributed by atoms with Crippen molar-refractivity contribution in [1.82, 2.24) is 0 Å². The fraction of sp³-hybridized carbons (Fsp3) is 1.00. The first kappa shape index (κ1) is 13.3. The number of hydrogen-bond donors (Lipinski definition) is 1. The molecule has 0 aromatic rings. The van der Waals surface area contributed by atoms with E-state index in [9.17, 15) is 5.11 Å². The van der Waals surface area contributed by atoms with E-state index in [1.54, 1.807) is 0 Å². The Kier molecular flexibility index (Phi) is 3.44. The van der Waals surface area contributed by atoms with Crippen LogP contribution in [0.15, 0.2) is 0 Å². The molecule has 1 saturated carbocycles. The molecule has 0 amide bonds. The van der Waals surface area contributed by atoms with Gasteiger partial charge in [-0.3, -0.25) is 0 Å². The number of aliphatic hydroxyl groups excluding tert-OH is 1. The summed E-state index contributed by atoms with van der Waals surface area (Å²) in [4.78, 5) is 0. The summed E-state index contributed by atoms with van der Waals surface area (Å²) in [6.45, 7) is 5.43. The largest absolute Gasteiger partial charge is 0.393 e. The van der Waals surface area contributed by atoms with Crippen LogP contribution in [-0.4, -0.2) is 34.9 Å². The lowest BCUT2D eigenvalue weighted by Crippen LogP contribution is -2.46. The zero-order valence-corrected chi connectivity index (χ0v) is 12.5. The van der Waals surface area contributed by atoms with Crippen LogP contribution in [0, 0.1) is 17.3 Å². The van der Waals surface area contributed by atoms with Gasteiger partial charge < -0.3 is 9.84 Å². The summed E-state index contributed by atoms with van der Waals surface area (Å²) in [6, 6.07) is 0. The highest BCUT2D eigenvalue weighted by Crippen LogP contribution is 2.56. The standard InChI is InChI=1S/C15H26O2S/c1-14(2)10-12(14)13(16)11-3-6-17-15(9-11)4-7-18-8-5-15/h11-13,16H,3-10H2,1-2H3. The first-order valence-corrected chi connectivity index (χ1v) is 8.58. The number of aliphatic hydroxyl groups is 1. The van der Waals surface area contributed by atoms with E-state index in [0.717, 1.165) is 19.4 Å². The van der Waals surface area contributed by atoms with Crippen molar-refractivity contribution in [2.24, 2.45) is 17.3 Å². The Hall–Kier alpha value is 0.270. The molecule has 2 aliphatic heterocycles. The van der Waals surface area contributed by atoms with Gasteiger partial charge in [0.15, 0.2) is 0 Å². The second-order valence-electron chi connectivity index (χ2n) is 7.19. The van der Waals surface area contributed by atoms with Crippen LogP contribution in [0.25, 0.3) is 0 Å². The van der Waals surface area contributed by atoms with E-state index in [1.165, 1.54) is 30.8 Å². The minimum atomic E-state index is -0.0876.